The number of hydrogen-bond donors (Lipinski definition) is 4. The Labute approximate surface area is 234 Å². The molecule has 1 amide bonds. The Hall–Kier alpha value is -1.71. The minimum absolute atomic E-state index is 0.140. The van der Waals surface area contributed by atoms with E-state index in [0.717, 1.165) is 19.3 Å². The van der Waals surface area contributed by atoms with Gasteiger partial charge >= 0.3 is 12.1 Å². The van der Waals surface area contributed by atoms with Crippen molar-refractivity contribution in [3.8, 4) is 0 Å². The van der Waals surface area contributed by atoms with Crippen LogP contribution in [0.15, 0.2) is 0 Å². The number of ether oxygens (including phenoxy) is 2. The molecule has 0 aromatic rings. The number of Topliss-reactive ketones (excluding diaryl/α,β-unsaturated/α-hetero) is 1. The molecule has 0 saturated heterocycles. The van der Waals surface area contributed by atoms with Crippen LogP contribution in [0, 0.1) is 34.0 Å². The Bertz CT molecular complexity index is 904. The van der Waals surface area contributed by atoms with Crippen LogP contribution in [0.4, 0.5) is 4.79 Å². The number of aliphatic hydroxyl groups excluding tert-OH is 2. The zero-order valence-electron chi connectivity index (χ0n) is 25.1. The maximum absolute atomic E-state index is 13.7. The number of esters is 1. The molecule has 0 heterocycles. The number of amides is 1. The lowest BCUT2D eigenvalue weighted by atomic mass is 9.43. The van der Waals surface area contributed by atoms with E-state index >= 15 is 0 Å². The SMILES string of the molecule is CC[C@@]1(C)C[C@@H](OC(=O)CO)[C@@]2(C)C3C(=O)CC[C@@]3(CC[C@H]2C)[C@@H](CNCCCNC(=O)OC(C)(C)C)[C@@H]1O. The third-order valence-electron chi connectivity index (χ3n) is 10.4. The summed E-state index contributed by atoms with van der Waals surface area (Å²) in [5.41, 5.74) is -2.05. The fraction of sp³-hybridized carbons (Fsp3) is 0.900. The number of nitrogens with one attached hydrogen (secondary N) is 2. The van der Waals surface area contributed by atoms with Crippen LogP contribution in [0.5, 0.6) is 0 Å². The lowest BCUT2D eigenvalue weighted by Gasteiger charge is -2.62. The normalized spacial score (nSPS) is 38.4. The van der Waals surface area contributed by atoms with Crippen molar-refractivity contribution in [3.63, 3.8) is 0 Å². The second-order valence-electron chi connectivity index (χ2n) is 13.8. The van der Waals surface area contributed by atoms with E-state index in [4.69, 9.17) is 9.47 Å². The van der Waals surface area contributed by atoms with Crippen LogP contribution in [-0.2, 0) is 19.1 Å². The highest BCUT2D eigenvalue weighted by atomic mass is 16.6. The quantitative estimate of drug-likeness (QED) is 0.252. The zero-order chi connectivity index (χ0) is 29.2. The maximum atomic E-state index is 13.7. The number of carbonyl (C=O) groups is 3. The van der Waals surface area contributed by atoms with Crippen LogP contribution in [0.3, 0.4) is 0 Å². The van der Waals surface area contributed by atoms with E-state index in [0.29, 0.717) is 45.3 Å². The average Bonchev–Trinajstić information content (AvgIpc) is 3.21. The minimum Gasteiger partial charge on any atom is -0.460 e. The number of ketones is 1. The van der Waals surface area contributed by atoms with Gasteiger partial charge in [0.15, 0.2) is 0 Å². The van der Waals surface area contributed by atoms with Crippen molar-refractivity contribution in [3.05, 3.63) is 0 Å². The molecule has 0 aliphatic heterocycles. The molecule has 0 aromatic heterocycles. The predicted molar refractivity (Wildman–Crippen MR) is 148 cm³/mol. The first-order valence-electron chi connectivity index (χ1n) is 14.8. The molecule has 2 bridgehead atoms. The summed E-state index contributed by atoms with van der Waals surface area (Å²) in [5, 5.41) is 27.9. The summed E-state index contributed by atoms with van der Waals surface area (Å²) in [7, 11) is 0. The van der Waals surface area contributed by atoms with Crippen molar-refractivity contribution >= 4 is 17.8 Å². The summed E-state index contributed by atoms with van der Waals surface area (Å²) in [4.78, 5) is 38.0. The van der Waals surface area contributed by atoms with Crippen LogP contribution >= 0.6 is 0 Å². The van der Waals surface area contributed by atoms with Gasteiger partial charge in [0.1, 0.15) is 24.1 Å². The van der Waals surface area contributed by atoms with Gasteiger partial charge in [0.25, 0.3) is 0 Å². The minimum atomic E-state index is -0.703. The molecule has 3 aliphatic carbocycles. The molecule has 1 unspecified atom stereocenters. The molecule has 0 radical (unpaired) electrons. The summed E-state index contributed by atoms with van der Waals surface area (Å²) >= 11 is 0. The van der Waals surface area contributed by atoms with Gasteiger partial charge in [-0.05, 0) is 82.6 Å². The van der Waals surface area contributed by atoms with Crippen molar-refractivity contribution in [2.24, 2.45) is 34.0 Å². The van der Waals surface area contributed by atoms with Crippen LogP contribution in [-0.4, -0.2) is 72.1 Å². The highest BCUT2D eigenvalue weighted by molar-refractivity contribution is 5.85. The fourth-order valence-corrected chi connectivity index (χ4v) is 7.94. The molecule has 3 aliphatic rings. The number of alkyl carbamates (subject to hydrolysis) is 1. The van der Waals surface area contributed by atoms with E-state index in [2.05, 4.69) is 38.3 Å². The second-order valence-corrected chi connectivity index (χ2v) is 13.8. The van der Waals surface area contributed by atoms with E-state index in [1.807, 2.05) is 20.8 Å². The standard InChI is InChI=1S/C30H52N2O7/c1-8-28(6)16-22(38-23(35)18-33)29(7)19(2)10-12-30(13-11-21(34)24(29)30)20(25(28)36)17-31-14-9-15-32-26(37)39-27(3,4)5/h19-20,22,24-25,31,33,36H,8-18H2,1-7H3,(H,32,37)/t19-,20+,22-,24?,25+,28+,29+,30+/m1/s1. The van der Waals surface area contributed by atoms with Crippen molar-refractivity contribution in [2.45, 2.75) is 111 Å². The third kappa shape index (κ3) is 6.30. The van der Waals surface area contributed by atoms with Gasteiger partial charge in [0.2, 0.25) is 0 Å². The monoisotopic (exact) mass is 552 g/mol. The van der Waals surface area contributed by atoms with E-state index in [1.54, 1.807) is 0 Å². The van der Waals surface area contributed by atoms with Crippen molar-refractivity contribution in [2.75, 3.05) is 26.2 Å². The zero-order valence-corrected chi connectivity index (χ0v) is 25.1. The first-order chi connectivity index (χ1) is 18.1. The van der Waals surface area contributed by atoms with Crippen LogP contribution in [0.1, 0.15) is 93.4 Å². The molecule has 3 rings (SSSR count). The van der Waals surface area contributed by atoms with E-state index in [9.17, 15) is 24.6 Å². The van der Waals surface area contributed by atoms with Crippen molar-refractivity contribution in [1.82, 2.24) is 10.6 Å². The van der Waals surface area contributed by atoms with Gasteiger partial charge in [0, 0.05) is 36.8 Å². The molecule has 0 aromatic carbocycles. The third-order valence-corrected chi connectivity index (χ3v) is 10.4. The van der Waals surface area contributed by atoms with Gasteiger partial charge in [-0.2, -0.15) is 0 Å². The smallest absolute Gasteiger partial charge is 0.407 e. The van der Waals surface area contributed by atoms with E-state index in [-0.39, 0.29) is 29.0 Å². The summed E-state index contributed by atoms with van der Waals surface area (Å²) in [6.45, 7) is 14.9. The molecular weight excluding hydrogens is 500 g/mol. The average molecular weight is 553 g/mol. The van der Waals surface area contributed by atoms with Crippen molar-refractivity contribution in [1.29, 1.82) is 0 Å². The first-order valence-corrected chi connectivity index (χ1v) is 14.8. The number of hydrogen-bond acceptors (Lipinski definition) is 8. The Morgan fingerprint density at radius 1 is 1.15 bits per heavy atom. The van der Waals surface area contributed by atoms with Crippen LogP contribution < -0.4 is 10.6 Å². The molecule has 3 saturated carbocycles. The molecule has 9 nitrogen and oxygen atoms in total. The van der Waals surface area contributed by atoms with Gasteiger partial charge in [-0.1, -0.05) is 27.7 Å². The fourth-order valence-electron chi connectivity index (χ4n) is 7.94. The topological polar surface area (TPSA) is 134 Å². The summed E-state index contributed by atoms with van der Waals surface area (Å²) in [6.07, 6.45) is 3.07. The maximum Gasteiger partial charge on any atom is 0.407 e. The van der Waals surface area contributed by atoms with Gasteiger partial charge in [-0.3, -0.25) is 4.79 Å². The van der Waals surface area contributed by atoms with E-state index < -0.39 is 47.3 Å². The molecule has 39 heavy (non-hydrogen) atoms. The summed E-state index contributed by atoms with van der Waals surface area (Å²) in [5.74, 6) is -0.784. The summed E-state index contributed by atoms with van der Waals surface area (Å²) in [6, 6.07) is 0. The lowest BCUT2D eigenvalue weighted by molar-refractivity contribution is -0.214. The first kappa shape index (κ1) is 31.8. The molecular formula is C30H52N2O7. The second kappa shape index (κ2) is 12.0. The predicted octanol–water partition coefficient (Wildman–Crippen LogP) is 3.59. The van der Waals surface area contributed by atoms with Crippen LogP contribution in [0.25, 0.3) is 0 Å². The van der Waals surface area contributed by atoms with Crippen molar-refractivity contribution < 1.29 is 34.1 Å². The molecule has 9 heteroatoms. The molecule has 3 fully saturated rings. The molecule has 4 N–H and O–H groups in total. The molecule has 224 valence electrons. The van der Waals surface area contributed by atoms with Gasteiger partial charge in [-0.15, -0.1) is 0 Å². The molecule has 8 atom stereocenters. The van der Waals surface area contributed by atoms with Crippen LogP contribution in [0.2, 0.25) is 0 Å². The Kier molecular flexibility index (Phi) is 9.81. The highest BCUT2D eigenvalue weighted by Gasteiger charge is 2.69. The Morgan fingerprint density at radius 3 is 2.46 bits per heavy atom. The summed E-state index contributed by atoms with van der Waals surface area (Å²) < 4.78 is 11.2. The van der Waals surface area contributed by atoms with E-state index in [1.165, 1.54) is 0 Å². The van der Waals surface area contributed by atoms with Gasteiger partial charge in [-0.25, -0.2) is 9.59 Å². The van der Waals surface area contributed by atoms with Gasteiger partial charge in [0.05, 0.1) is 6.10 Å². The molecule has 0 spiro atoms. The lowest BCUT2D eigenvalue weighted by Crippen LogP contribution is -2.65. The number of rotatable bonds is 9. The Balaban J connectivity index is 1.84. The Morgan fingerprint density at radius 2 is 1.85 bits per heavy atom. The highest BCUT2D eigenvalue weighted by Crippen LogP contribution is 2.68. The number of carbonyl (C=O) groups excluding carboxylic acids is 3. The number of aliphatic hydroxyl groups is 2. The largest absolute Gasteiger partial charge is 0.460 e. The van der Waals surface area contributed by atoms with Gasteiger partial charge < -0.3 is 30.3 Å².